The van der Waals surface area contributed by atoms with E-state index >= 15 is 0 Å². The molecule has 3 aromatic carbocycles. The molecule has 4 heteroatoms. The van der Waals surface area contributed by atoms with Crippen LogP contribution in [0.3, 0.4) is 0 Å². The molecule has 0 N–H and O–H groups in total. The van der Waals surface area contributed by atoms with Gasteiger partial charge in [0.2, 0.25) is 0 Å². The van der Waals surface area contributed by atoms with Crippen molar-refractivity contribution in [2.24, 2.45) is 0 Å². The minimum absolute atomic E-state index is 0.578. The van der Waals surface area contributed by atoms with E-state index in [1.165, 1.54) is 33.9 Å². The highest BCUT2D eigenvalue weighted by molar-refractivity contribution is 8.16. The van der Waals surface area contributed by atoms with Gasteiger partial charge in [0.25, 0.3) is 9.04 Å². The summed E-state index contributed by atoms with van der Waals surface area (Å²) in [4.78, 5) is 0. The lowest BCUT2D eigenvalue weighted by Gasteiger charge is -2.22. The lowest BCUT2D eigenvalue weighted by molar-refractivity contribution is 0.591. The van der Waals surface area contributed by atoms with E-state index in [1.54, 1.807) is 0 Å². The van der Waals surface area contributed by atoms with Gasteiger partial charge in [-0.25, -0.2) is 0 Å². The Hall–Kier alpha value is -1.62. The van der Waals surface area contributed by atoms with Crippen molar-refractivity contribution < 1.29 is 4.43 Å². The first-order valence-electron chi connectivity index (χ1n) is 9.00. The summed E-state index contributed by atoms with van der Waals surface area (Å²) >= 11 is 4.12. The molecule has 0 radical (unpaired) electrons. The zero-order valence-corrected chi connectivity index (χ0v) is 17.4. The Kier molecular flexibility index (Phi) is 6.05. The van der Waals surface area contributed by atoms with Gasteiger partial charge in [-0.15, -0.1) is 23.5 Å². The lowest BCUT2D eigenvalue weighted by Crippen LogP contribution is -2.47. The zero-order valence-electron chi connectivity index (χ0n) is 14.6. The van der Waals surface area contributed by atoms with Crippen molar-refractivity contribution in [1.29, 1.82) is 0 Å². The summed E-state index contributed by atoms with van der Waals surface area (Å²) in [5.74, 6) is 3.52. The topological polar surface area (TPSA) is 9.23 Å². The average Bonchev–Trinajstić information content (AvgIpc) is 2.74. The maximum absolute atomic E-state index is 6.55. The van der Waals surface area contributed by atoms with Crippen molar-refractivity contribution >= 4 is 42.9 Å². The van der Waals surface area contributed by atoms with Gasteiger partial charge in [0, 0.05) is 0 Å². The third-order valence-corrected chi connectivity index (χ3v) is 9.94. The van der Waals surface area contributed by atoms with Crippen LogP contribution in [0.2, 0.25) is 0 Å². The van der Waals surface area contributed by atoms with Crippen molar-refractivity contribution in [2.75, 3.05) is 11.5 Å². The van der Waals surface area contributed by atoms with Gasteiger partial charge in [-0.05, 0) is 46.0 Å². The Bertz CT molecular complexity index is 763. The number of hydrogen-bond donors (Lipinski definition) is 0. The second-order valence-electron chi connectivity index (χ2n) is 6.32. The molecule has 0 saturated carbocycles. The SMILES string of the molecule is c1ccc([SiH](Oc2ccc(C3SCCCS3)cc2)c2ccccc2)cc1. The van der Waals surface area contributed by atoms with E-state index in [-0.39, 0.29) is 0 Å². The summed E-state index contributed by atoms with van der Waals surface area (Å²) in [5, 5.41) is 2.61. The predicted molar refractivity (Wildman–Crippen MR) is 119 cm³/mol. The molecular weight excluding hydrogens is 372 g/mol. The van der Waals surface area contributed by atoms with Gasteiger partial charge >= 0.3 is 0 Å². The fourth-order valence-electron chi connectivity index (χ4n) is 3.10. The van der Waals surface area contributed by atoms with Gasteiger partial charge in [0.15, 0.2) is 0 Å². The van der Waals surface area contributed by atoms with Crippen LogP contribution in [0.1, 0.15) is 16.6 Å². The van der Waals surface area contributed by atoms with E-state index in [2.05, 4.69) is 108 Å². The molecule has 1 nitrogen and oxygen atoms in total. The maximum Gasteiger partial charge on any atom is 0.299 e. The Morgan fingerprint density at radius 1 is 0.692 bits per heavy atom. The van der Waals surface area contributed by atoms with Crippen molar-refractivity contribution in [2.45, 2.75) is 11.0 Å². The molecule has 0 aliphatic carbocycles. The first-order chi connectivity index (χ1) is 12.9. The van der Waals surface area contributed by atoms with Gasteiger partial charge in [-0.2, -0.15) is 0 Å². The molecule has 0 aromatic heterocycles. The van der Waals surface area contributed by atoms with E-state index in [0.717, 1.165) is 5.75 Å². The molecule has 0 unspecified atom stereocenters. The van der Waals surface area contributed by atoms with Crippen LogP contribution >= 0.6 is 23.5 Å². The average molecular weight is 395 g/mol. The van der Waals surface area contributed by atoms with Crippen LogP contribution in [-0.4, -0.2) is 20.5 Å². The molecule has 3 aromatic rings. The van der Waals surface area contributed by atoms with Gasteiger partial charge in [0.1, 0.15) is 5.75 Å². The summed E-state index contributed by atoms with van der Waals surface area (Å²) in [5.41, 5.74) is 1.41. The van der Waals surface area contributed by atoms with E-state index < -0.39 is 9.04 Å². The third kappa shape index (κ3) is 4.37. The molecule has 26 heavy (non-hydrogen) atoms. The normalized spacial score (nSPS) is 15.1. The van der Waals surface area contributed by atoms with Crippen LogP contribution in [0.5, 0.6) is 5.75 Å². The molecule has 0 amide bonds. The fourth-order valence-corrected chi connectivity index (χ4v) is 8.23. The zero-order chi connectivity index (χ0) is 17.6. The van der Waals surface area contributed by atoms with Gasteiger partial charge in [-0.3, -0.25) is 0 Å². The molecule has 0 atom stereocenters. The van der Waals surface area contributed by atoms with Crippen LogP contribution < -0.4 is 14.8 Å². The smallest absolute Gasteiger partial charge is 0.299 e. The Morgan fingerprint density at radius 2 is 1.23 bits per heavy atom. The van der Waals surface area contributed by atoms with Crippen LogP contribution in [0.25, 0.3) is 0 Å². The summed E-state index contributed by atoms with van der Waals surface area (Å²) in [6.45, 7) is 0. The van der Waals surface area contributed by atoms with Crippen molar-refractivity contribution in [3.8, 4) is 5.75 Å². The molecule has 1 saturated heterocycles. The summed E-state index contributed by atoms with van der Waals surface area (Å²) in [6, 6.07) is 30.1. The quantitative estimate of drug-likeness (QED) is 0.591. The van der Waals surface area contributed by atoms with Gasteiger partial charge < -0.3 is 4.43 Å². The molecule has 1 fully saturated rings. The van der Waals surface area contributed by atoms with E-state index in [0.29, 0.717) is 4.58 Å². The molecule has 1 aliphatic heterocycles. The monoisotopic (exact) mass is 394 g/mol. The molecule has 132 valence electrons. The Balaban J connectivity index is 1.56. The first kappa shape index (κ1) is 17.8. The molecule has 0 bridgehead atoms. The van der Waals surface area contributed by atoms with Gasteiger partial charge in [0.05, 0.1) is 4.58 Å². The van der Waals surface area contributed by atoms with E-state index in [4.69, 9.17) is 4.43 Å². The number of hydrogen-bond acceptors (Lipinski definition) is 3. The summed E-state index contributed by atoms with van der Waals surface area (Å²) in [6.07, 6.45) is 1.33. The maximum atomic E-state index is 6.55. The highest BCUT2D eigenvalue weighted by atomic mass is 32.2. The predicted octanol–water partition coefficient (Wildman–Crippen LogP) is 4.47. The van der Waals surface area contributed by atoms with Crippen LogP contribution in [0.15, 0.2) is 84.9 Å². The van der Waals surface area contributed by atoms with Crippen molar-refractivity contribution in [1.82, 2.24) is 0 Å². The van der Waals surface area contributed by atoms with Crippen molar-refractivity contribution in [3.63, 3.8) is 0 Å². The molecule has 1 heterocycles. The summed E-state index contributed by atoms with van der Waals surface area (Å²) < 4.78 is 7.13. The Morgan fingerprint density at radius 3 is 1.77 bits per heavy atom. The Labute approximate surface area is 165 Å². The van der Waals surface area contributed by atoms with Crippen LogP contribution in [-0.2, 0) is 0 Å². The van der Waals surface area contributed by atoms with Crippen LogP contribution in [0.4, 0.5) is 0 Å². The second-order valence-corrected chi connectivity index (χ2v) is 11.4. The summed E-state index contributed by atoms with van der Waals surface area (Å²) in [7, 11) is -1.74. The second kappa shape index (κ2) is 8.85. The third-order valence-electron chi connectivity index (χ3n) is 4.44. The van der Waals surface area contributed by atoms with E-state index in [9.17, 15) is 0 Å². The molecule has 0 spiro atoms. The minimum Gasteiger partial charge on any atom is -0.537 e. The first-order valence-corrected chi connectivity index (χ1v) is 12.7. The molecule has 1 aliphatic rings. The van der Waals surface area contributed by atoms with Gasteiger partial charge in [-0.1, -0.05) is 72.8 Å². The standard InChI is InChI=1S/C22H22OS2Si/c1-3-8-20(9-4-1)26(21-10-5-2-6-11-21)23-19-14-12-18(13-15-19)22-24-16-7-17-25-22/h1-6,8-15,22,26H,7,16-17H2. The highest BCUT2D eigenvalue weighted by Gasteiger charge is 2.20. The lowest BCUT2D eigenvalue weighted by atomic mass is 10.2. The van der Waals surface area contributed by atoms with Crippen LogP contribution in [0, 0.1) is 0 Å². The van der Waals surface area contributed by atoms with Crippen molar-refractivity contribution in [3.05, 3.63) is 90.5 Å². The number of benzene rings is 3. The fraction of sp³-hybridized carbons (Fsp3) is 0.182. The minimum atomic E-state index is -1.74. The molecular formula is C22H22OS2Si. The molecule has 4 rings (SSSR count). The number of rotatable bonds is 5. The van der Waals surface area contributed by atoms with E-state index in [1.807, 2.05) is 0 Å². The highest BCUT2D eigenvalue weighted by Crippen LogP contribution is 2.43. The largest absolute Gasteiger partial charge is 0.537 e. The number of thioether (sulfide) groups is 2.